The van der Waals surface area contributed by atoms with Gasteiger partial charge < -0.3 is 19.3 Å². The second kappa shape index (κ2) is 8.02. The second-order valence-corrected chi connectivity index (χ2v) is 8.23. The van der Waals surface area contributed by atoms with Crippen LogP contribution in [-0.2, 0) is 9.59 Å². The standard InChI is InChI=1S/C22H30N2O4/c1-27-17-9-10-19(20(13-17)28-2)24-14-16(12-21(24)25)22(26)23-11-5-7-15-6-3-4-8-18(15)23/h9-10,13,15-16,18H,3-8,11-12,14H2,1-2H3/t15-,16-,18-/m1/s1. The van der Waals surface area contributed by atoms with Crippen LogP contribution in [0.5, 0.6) is 11.5 Å². The van der Waals surface area contributed by atoms with Crippen molar-refractivity contribution in [1.82, 2.24) is 4.90 Å². The number of hydrogen-bond acceptors (Lipinski definition) is 4. The Morgan fingerprint density at radius 2 is 1.86 bits per heavy atom. The number of piperidine rings is 1. The first-order valence-electron chi connectivity index (χ1n) is 10.4. The SMILES string of the molecule is COc1ccc(N2C[C@H](C(=O)N3CCC[C@H]4CCCC[C@H]43)CC2=O)c(OC)c1. The Kier molecular flexibility index (Phi) is 5.47. The van der Waals surface area contributed by atoms with Gasteiger partial charge in [0.05, 0.1) is 25.8 Å². The Morgan fingerprint density at radius 1 is 1.07 bits per heavy atom. The smallest absolute Gasteiger partial charge is 0.228 e. The average Bonchev–Trinajstić information content (AvgIpc) is 3.13. The average molecular weight is 386 g/mol. The van der Waals surface area contributed by atoms with Crippen LogP contribution in [0.2, 0.25) is 0 Å². The van der Waals surface area contributed by atoms with Gasteiger partial charge in [0.2, 0.25) is 11.8 Å². The molecular weight excluding hydrogens is 356 g/mol. The highest BCUT2D eigenvalue weighted by molar-refractivity contribution is 6.01. The van der Waals surface area contributed by atoms with Crippen molar-refractivity contribution in [3.63, 3.8) is 0 Å². The van der Waals surface area contributed by atoms with Crippen LogP contribution in [0, 0.1) is 11.8 Å². The molecule has 0 bridgehead atoms. The number of fused-ring (bicyclic) bond motifs is 1. The normalized spacial score (nSPS) is 27.5. The summed E-state index contributed by atoms with van der Waals surface area (Å²) in [5, 5.41) is 0. The van der Waals surface area contributed by atoms with Gasteiger partial charge in [-0.25, -0.2) is 0 Å². The van der Waals surface area contributed by atoms with Gasteiger partial charge in [-0.1, -0.05) is 12.8 Å². The molecule has 3 aliphatic rings. The maximum atomic E-state index is 13.3. The first-order chi connectivity index (χ1) is 13.6. The van der Waals surface area contributed by atoms with Crippen LogP contribution in [0.15, 0.2) is 18.2 Å². The molecule has 1 aromatic carbocycles. The van der Waals surface area contributed by atoms with E-state index in [9.17, 15) is 9.59 Å². The van der Waals surface area contributed by atoms with Crippen molar-refractivity contribution in [3.8, 4) is 11.5 Å². The molecule has 6 nitrogen and oxygen atoms in total. The van der Waals surface area contributed by atoms with Crippen molar-refractivity contribution < 1.29 is 19.1 Å². The quantitative estimate of drug-likeness (QED) is 0.797. The minimum absolute atomic E-state index is 0.0148. The molecule has 2 amide bonds. The molecule has 152 valence electrons. The van der Waals surface area contributed by atoms with Gasteiger partial charge in [0.1, 0.15) is 11.5 Å². The Balaban J connectivity index is 1.51. The third-order valence-electron chi connectivity index (χ3n) is 6.68. The van der Waals surface area contributed by atoms with E-state index in [1.165, 1.54) is 25.7 Å². The van der Waals surface area contributed by atoms with Gasteiger partial charge >= 0.3 is 0 Å². The van der Waals surface area contributed by atoms with Gasteiger partial charge in [-0.3, -0.25) is 9.59 Å². The van der Waals surface area contributed by atoms with E-state index in [0.717, 1.165) is 19.4 Å². The molecule has 1 saturated carbocycles. The predicted molar refractivity (Wildman–Crippen MR) is 107 cm³/mol. The minimum Gasteiger partial charge on any atom is -0.497 e. The molecule has 1 aliphatic carbocycles. The van der Waals surface area contributed by atoms with Crippen LogP contribution in [0.25, 0.3) is 0 Å². The lowest BCUT2D eigenvalue weighted by Gasteiger charge is -2.45. The summed E-state index contributed by atoms with van der Waals surface area (Å²) < 4.78 is 10.7. The highest BCUT2D eigenvalue weighted by atomic mass is 16.5. The molecule has 0 N–H and O–H groups in total. The molecule has 0 unspecified atom stereocenters. The number of carbonyl (C=O) groups excluding carboxylic acids is 2. The van der Waals surface area contributed by atoms with E-state index in [-0.39, 0.29) is 24.2 Å². The van der Waals surface area contributed by atoms with Crippen molar-refractivity contribution in [3.05, 3.63) is 18.2 Å². The number of benzene rings is 1. The van der Waals surface area contributed by atoms with E-state index in [0.29, 0.717) is 35.7 Å². The Hall–Kier alpha value is -2.24. The first-order valence-corrected chi connectivity index (χ1v) is 10.4. The Labute approximate surface area is 166 Å². The number of likely N-dealkylation sites (tertiary alicyclic amines) is 1. The van der Waals surface area contributed by atoms with Crippen molar-refractivity contribution in [2.24, 2.45) is 11.8 Å². The molecule has 0 aromatic heterocycles. The second-order valence-electron chi connectivity index (χ2n) is 8.23. The Morgan fingerprint density at radius 3 is 2.64 bits per heavy atom. The van der Waals surface area contributed by atoms with Crippen LogP contribution >= 0.6 is 0 Å². The summed E-state index contributed by atoms with van der Waals surface area (Å²) in [6.45, 7) is 1.27. The number of hydrogen-bond donors (Lipinski definition) is 0. The van der Waals surface area contributed by atoms with Crippen LogP contribution < -0.4 is 14.4 Å². The molecule has 0 spiro atoms. The molecule has 2 heterocycles. The molecule has 2 saturated heterocycles. The van der Waals surface area contributed by atoms with E-state index in [1.54, 1.807) is 25.2 Å². The zero-order chi connectivity index (χ0) is 19.7. The highest BCUT2D eigenvalue weighted by Crippen LogP contribution is 2.39. The van der Waals surface area contributed by atoms with Crippen molar-refractivity contribution in [2.45, 2.75) is 51.0 Å². The lowest BCUT2D eigenvalue weighted by atomic mass is 9.78. The zero-order valence-electron chi connectivity index (χ0n) is 16.9. The third-order valence-corrected chi connectivity index (χ3v) is 6.68. The highest BCUT2D eigenvalue weighted by Gasteiger charge is 2.42. The van der Waals surface area contributed by atoms with E-state index >= 15 is 0 Å². The lowest BCUT2D eigenvalue weighted by Crippen LogP contribution is -2.51. The minimum atomic E-state index is -0.264. The number of rotatable bonds is 4. The van der Waals surface area contributed by atoms with Gasteiger partial charge in [0, 0.05) is 31.6 Å². The first kappa shape index (κ1) is 19.1. The summed E-state index contributed by atoms with van der Waals surface area (Å²) >= 11 is 0. The molecule has 4 rings (SSSR count). The lowest BCUT2D eigenvalue weighted by molar-refractivity contribution is -0.142. The Bertz CT molecular complexity index is 748. The predicted octanol–water partition coefficient (Wildman–Crippen LogP) is 3.24. The summed E-state index contributed by atoms with van der Waals surface area (Å²) in [6, 6.07) is 5.81. The van der Waals surface area contributed by atoms with Crippen LogP contribution in [0.3, 0.4) is 0 Å². The van der Waals surface area contributed by atoms with Gasteiger partial charge in [0.25, 0.3) is 0 Å². The molecule has 3 fully saturated rings. The molecule has 0 radical (unpaired) electrons. The largest absolute Gasteiger partial charge is 0.497 e. The number of nitrogens with zero attached hydrogens (tertiary/aromatic N) is 2. The van der Waals surface area contributed by atoms with E-state index in [2.05, 4.69) is 4.90 Å². The zero-order valence-corrected chi connectivity index (χ0v) is 16.9. The molecule has 6 heteroatoms. The van der Waals surface area contributed by atoms with Gasteiger partial charge in [-0.2, -0.15) is 0 Å². The van der Waals surface area contributed by atoms with Crippen molar-refractivity contribution in [2.75, 3.05) is 32.2 Å². The monoisotopic (exact) mass is 386 g/mol. The number of anilines is 1. The van der Waals surface area contributed by atoms with Gasteiger partial charge in [-0.05, 0) is 43.7 Å². The number of amides is 2. The summed E-state index contributed by atoms with van der Waals surface area (Å²) in [4.78, 5) is 29.9. The fourth-order valence-electron chi connectivity index (χ4n) is 5.25. The van der Waals surface area contributed by atoms with Gasteiger partial charge in [-0.15, -0.1) is 0 Å². The van der Waals surface area contributed by atoms with Crippen LogP contribution in [-0.4, -0.2) is 50.1 Å². The van der Waals surface area contributed by atoms with Crippen molar-refractivity contribution >= 4 is 17.5 Å². The summed E-state index contributed by atoms with van der Waals surface area (Å²) in [5.41, 5.74) is 0.706. The number of ether oxygens (including phenoxy) is 2. The van der Waals surface area contributed by atoms with Crippen LogP contribution in [0.1, 0.15) is 44.9 Å². The number of carbonyl (C=O) groups is 2. The maximum absolute atomic E-state index is 13.3. The van der Waals surface area contributed by atoms with E-state index in [4.69, 9.17) is 9.47 Å². The number of methoxy groups -OCH3 is 2. The third kappa shape index (κ3) is 3.45. The molecule has 28 heavy (non-hydrogen) atoms. The van der Waals surface area contributed by atoms with Crippen molar-refractivity contribution in [1.29, 1.82) is 0 Å². The van der Waals surface area contributed by atoms with E-state index < -0.39 is 0 Å². The molecular formula is C22H30N2O4. The molecule has 1 aromatic rings. The topological polar surface area (TPSA) is 59.1 Å². The van der Waals surface area contributed by atoms with Crippen LogP contribution in [0.4, 0.5) is 5.69 Å². The fraction of sp³-hybridized carbons (Fsp3) is 0.636. The molecule has 3 atom stereocenters. The summed E-state index contributed by atoms with van der Waals surface area (Å²) in [6.07, 6.45) is 7.47. The fourth-order valence-corrected chi connectivity index (χ4v) is 5.25. The molecule has 2 aliphatic heterocycles. The maximum Gasteiger partial charge on any atom is 0.228 e. The summed E-state index contributed by atoms with van der Waals surface area (Å²) in [7, 11) is 3.18. The van der Waals surface area contributed by atoms with Gasteiger partial charge in [0.15, 0.2) is 0 Å². The van der Waals surface area contributed by atoms with E-state index in [1.807, 2.05) is 12.1 Å². The summed E-state index contributed by atoms with van der Waals surface area (Å²) in [5.74, 6) is 1.81.